The molecular weight excluding hydrogens is 559 g/mol. The number of halogens is 6. The van der Waals surface area contributed by atoms with Gasteiger partial charge in [-0.15, -0.1) is 23.2 Å². The lowest BCUT2D eigenvalue weighted by Gasteiger charge is -2.11. The molecule has 1 aliphatic carbocycles. The van der Waals surface area contributed by atoms with E-state index in [4.69, 9.17) is 58.0 Å². The fourth-order valence-electron chi connectivity index (χ4n) is 3.74. The minimum atomic E-state index is -1.39. The normalized spacial score (nSPS) is 17.9. The number of hydrogen-bond acceptors (Lipinski definition) is 3. The Hall–Kier alpha value is -2.53. The molecule has 1 fully saturated rings. The Bertz CT molecular complexity index is 1390. The minimum absolute atomic E-state index is 0.0476. The second-order valence-electron chi connectivity index (χ2n) is 7.74. The molecule has 35 heavy (non-hydrogen) atoms. The van der Waals surface area contributed by atoms with Crippen molar-refractivity contribution in [3.05, 3.63) is 92.2 Å². The van der Waals surface area contributed by atoms with Crippen LogP contribution in [-0.4, -0.2) is 16.1 Å². The van der Waals surface area contributed by atoms with Gasteiger partial charge in [0.2, 0.25) is 5.91 Å². The van der Waals surface area contributed by atoms with Crippen molar-refractivity contribution >= 4 is 81.2 Å². The molecule has 0 aliphatic heterocycles. The summed E-state index contributed by atoms with van der Waals surface area (Å²) in [6.07, 6.45) is 0. The number of anilines is 2. The molecule has 0 aromatic heterocycles. The molecule has 0 spiro atoms. The number of nitrogens with one attached hydrogen (secondary N) is 2. The zero-order chi connectivity index (χ0) is 25.5. The third-order valence-corrected chi connectivity index (χ3v) is 7.14. The molecule has 11 heteroatoms. The first kappa shape index (κ1) is 25.6. The van der Waals surface area contributed by atoms with Crippen molar-refractivity contribution in [1.29, 1.82) is 5.26 Å². The number of benzene rings is 3. The van der Waals surface area contributed by atoms with Gasteiger partial charge in [0, 0.05) is 21.7 Å². The SMILES string of the molecule is N#Cc1cccc(F)c1NC(=O)c1cc(NC(=O)[C@@H]2[C@@H](c3cc(Cl)cc(Cl)c3)C2(Cl)Cl)ccc1Cl. The smallest absolute Gasteiger partial charge is 0.257 e. The number of rotatable bonds is 5. The van der Waals surface area contributed by atoms with Gasteiger partial charge in [0.25, 0.3) is 5.91 Å². The average Bonchev–Trinajstić information content (AvgIpc) is 3.37. The summed E-state index contributed by atoms with van der Waals surface area (Å²) in [7, 11) is 0. The van der Waals surface area contributed by atoms with Crippen molar-refractivity contribution in [2.24, 2.45) is 5.92 Å². The molecule has 0 bridgehead atoms. The zero-order valence-corrected chi connectivity index (χ0v) is 21.2. The van der Waals surface area contributed by atoms with Gasteiger partial charge in [0.15, 0.2) is 0 Å². The summed E-state index contributed by atoms with van der Waals surface area (Å²) < 4.78 is 12.8. The van der Waals surface area contributed by atoms with E-state index in [9.17, 15) is 19.2 Å². The lowest BCUT2D eigenvalue weighted by atomic mass is 10.1. The van der Waals surface area contributed by atoms with E-state index in [0.29, 0.717) is 15.6 Å². The van der Waals surface area contributed by atoms with E-state index >= 15 is 0 Å². The first-order valence-electron chi connectivity index (χ1n) is 9.97. The van der Waals surface area contributed by atoms with Crippen LogP contribution in [0.3, 0.4) is 0 Å². The predicted octanol–water partition coefficient (Wildman–Crippen LogP) is 7.44. The Morgan fingerprint density at radius 3 is 2.31 bits per heavy atom. The first-order chi connectivity index (χ1) is 16.5. The van der Waals surface area contributed by atoms with Crippen LogP contribution >= 0.6 is 58.0 Å². The molecular formula is C24H13Cl5FN3O2. The highest BCUT2D eigenvalue weighted by atomic mass is 35.5. The maximum atomic E-state index is 14.2. The van der Waals surface area contributed by atoms with Crippen LogP contribution in [0, 0.1) is 23.1 Å². The van der Waals surface area contributed by atoms with Crippen molar-refractivity contribution in [3.63, 3.8) is 0 Å². The van der Waals surface area contributed by atoms with E-state index < -0.39 is 33.8 Å². The van der Waals surface area contributed by atoms with E-state index in [1.165, 1.54) is 30.3 Å². The largest absolute Gasteiger partial charge is 0.326 e. The highest BCUT2D eigenvalue weighted by Gasteiger charge is 2.67. The number of carbonyl (C=O) groups is 2. The molecule has 2 amide bonds. The van der Waals surface area contributed by atoms with Gasteiger partial charge in [0.05, 0.1) is 27.8 Å². The molecule has 5 nitrogen and oxygen atoms in total. The summed E-state index contributed by atoms with van der Waals surface area (Å²) in [5.41, 5.74) is 0.467. The van der Waals surface area contributed by atoms with Crippen LogP contribution in [-0.2, 0) is 4.79 Å². The molecule has 1 saturated carbocycles. The number of amides is 2. The molecule has 0 radical (unpaired) electrons. The number of para-hydroxylation sites is 1. The quantitative estimate of drug-likeness (QED) is 0.313. The maximum Gasteiger partial charge on any atom is 0.257 e. The summed E-state index contributed by atoms with van der Waals surface area (Å²) in [5, 5.41) is 15.0. The number of nitrogens with zero attached hydrogens (tertiary/aromatic N) is 1. The molecule has 0 saturated heterocycles. The Morgan fingerprint density at radius 1 is 0.971 bits per heavy atom. The predicted molar refractivity (Wildman–Crippen MR) is 136 cm³/mol. The lowest BCUT2D eigenvalue weighted by molar-refractivity contribution is -0.117. The summed E-state index contributed by atoms with van der Waals surface area (Å²) in [4.78, 5) is 25.8. The minimum Gasteiger partial charge on any atom is -0.326 e. The van der Waals surface area contributed by atoms with Gasteiger partial charge >= 0.3 is 0 Å². The van der Waals surface area contributed by atoms with Crippen LogP contribution in [0.15, 0.2) is 54.6 Å². The van der Waals surface area contributed by atoms with Crippen molar-refractivity contribution in [1.82, 2.24) is 0 Å². The maximum absolute atomic E-state index is 14.2. The Balaban J connectivity index is 1.54. The average molecular weight is 572 g/mol. The molecule has 178 valence electrons. The fraction of sp³-hybridized carbons (Fsp3) is 0.125. The standard InChI is InChI=1S/C24H13Cl5FN3O2/c25-13-6-12(7-14(26)8-13)19-20(24(19,28)29)23(35)32-15-4-5-17(27)16(9-15)22(34)33-21-11(10-31)2-1-3-18(21)30/h1-9,19-20H,(H,32,35)(H,33,34)/t19-,20+/m1/s1. The van der Waals surface area contributed by atoms with E-state index in [-0.39, 0.29) is 27.5 Å². The Morgan fingerprint density at radius 2 is 1.66 bits per heavy atom. The second kappa shape index (κ2) is 9.85. The van der Waals surface area contributed by atoms with Gasteiger partial charge in [0.1, 0.15) is 16.2 Å². The third-order valence-electron chi connectivity index (χ3n) is 5.43. The number of alkyl halides is 2. The topological polar surface area (TPSA) is 82.0 Å². The molecule has 2 atom stereocenters. The monoisotopic (exact) mass is 569 g/mol. The lowest BCUT2D eigenvalue weighted by Crippen LogP contribution is -2.18. The van der Waals surface area contributed by atoms with E-state index in [1.807, 2.05) is 6.07 Å². The Kier molecular flexibility index (Phi) is 7.19. The van der Waals surface area contributed by atoms with Gasteiger partial charge in [-0.2, -0.15) is 5.26 Å². The van der Waals surface area contributed by atoms with E-state index in [0.717, 1.165) is 6.07 Å². The van der Waals surface area contributed by atoms with Crippen LogP contribution in [0.2, 0.25) is 15.1 Å². The van der Waals surface area contributed by atoms with Crippen molar-refractivity contribution in [3.8, 4) is 6.07 Å². The fourth-order valence-corrected chi connectivity index (χ4v) is 5.32. The van der Waals surface area contributed by atoms with Crippen LogP contribution in [0.25, 0.3) is 0 Å². The van der Waals surface area contributed by atoms with Crippen molar-refractivity contribution in [2.75, 3.05) is 10.6 Å². The summed E-state index contributed by atoms with van der Waals surface area (Å²) >= 11 is 31.0. The summed E-state index contributed by atoms with van der Waals surface area (Å²) in [6, 6.07) is 14.7. The molecule has 0 heterocycles. The van der Waals surface area contributed by atoms with Crippen LogP contribution in [0.1, 0.15) is 27.4 Å². The number of hydrogen-bond donors (Lipinski definition) is 2. The van der Waals surface area contributed by atoms with Crippen LogP contribution in [0.4, 0.5) is 15.8 Å². The molecule has 3 aromatic carbocycles. The van der Waals surface area contributed by atoms with Gasteiger partial charge < -0.3 is 10.6 Å². The van der Waals surface area contributed by atoms with Gasteiger partial charge in [-0.1, -0.05) is 40.9 Å². The third kappa shape index (κ3) is 5.20. The van der Waals surface area contributed by atoms with E-state index in [1.54, 1.807) is 18.2 Å². The van der Waals surface area contributed by atoms with Crippen molar-refractivity contribution in [2.45, 2.75) is 10.3 Å². The van der Waals surface area contributed by atoms with Crippen LogP contribution in [0.5, 0.6) is 0 Å². The molecule has 1 aliphatic rings. The molecule has 0 unspecified atom stereocenters. The Labute approximate surface area is 224 Å². The highest BCUT2D eigenvalue weighted by molar-refractivity contribution is 6.53. The van der Waals surface area contributed by atoms with E-state index in [2.05, 4.69) is 10.6 Å². The summed E-state index contributed by atoms with van der Waals surface area (Å²) in [5.74, 6) is -3.41. The van der Waals surface area contributed by atoms with Gasteiger partial charge in [-0.25, -0.2) is 4.39 Å². The van der Waals surface area contributed by atoms with Crippen LogP contribution < -0.4 is 10.6 Å². The number of nitriles is 1. The zero-order valence-electron chi connectivity index (χ0n) is 17.4. The summed E-state index contributed by atoms with van der Waals surface area (Å²) in [6.45, 7) is 0. The van der Waals surface area contributed by atoms with Crippen molar-refractivity contribution < 1.29 is 14.0 Å². The molecule has 2 N–H and O–H groups in total. The molecule has 4 rings (SSSR count). The number of carbonyl (C=O) groups excluding carboxylic acids is 2. The second-order valence-corrected chi connectivity index (χ2v) is 10.5. The first-order valence-corrected chi connectivity index (χ1v) is 11.9. The van der Waals surface area contributed by atoms with Gasteiger partial charge in [-0.3, -0.25) is 9.59 Å². The molecule has 3 aromatic rings. The van der Waals surface area contributed by atoms with Gasteiger partial charge in [-0.05, 0) is 54.1 Å². The highest BCUT2D eigenvalue weighted by Crippen LogP contribution is 2.65.